The Kier molecular flexibility index (Phi) is 5.16. The molecule has 11 heavy (non-hydrogen) atoms. The van der Waals surface area contributed by atoms with Gasteiger partial charge < -0.3 is 9.90 Å². The number of ketones is 1. The molecule has 0 saturated heterocycles. The van der Waals surface area contributed by atoms with E-state index in [-0.39, 0.29) is 5.78 Å². The molecule has 0 radical (unpaired) electrons. The molecule has 0 aliphatic carbocycles. The SMILES string of the molecule is CC(=O)CC/C=C(\Cl)C(C)O. The first-order valence-corrected chi connectivity index (χ1v) is 3.95. The van der Waals surface area contributed by atoms with Crippen LogP contribution in [0.2, 0.25) is 0 Å². The van der Waals surface area contributed by atoms with E-state index in [1.165, 1.54) is 6.92 Å². The van der Waals surface area contributed by atoms with Crippen molar-refractivity contribution < 1.29 is 9.90 Å². The molecule has 0 aliphatic heterocycles. The van der Waals surface area contributed by atoms with Crippen LogP contribution < -0.4 is 0 Å². The summed E-state index contributed by atoms with van der Waals surface area (Å²) >= 11 is 5.60. The van der Waals surface area contributed by atoms with Crippen LogP contribution in [0.1, 0.15) is 26.7 Å². The molecule has 0 saturated carbocycles. The van der Waals surface area contributed by atoms with Crippen molar-refractivity contribution in [1.29, 1.82) is 0 Å². The molecule has 64 valence electrons. The highest BCUT2D eigenvalue weighted by molar-refractivity contribution is 6.30. The Morgan fingerprint density at radius 1 is 1.73 bits per heavy atom. The van der Waals surface area contributed by atoms with Crippen LogP contribution >= 0.6 is 11.6 Å². The highest BCUT2D eigenvalue weighted by atomic mass is 35.5. The lowest BCUT2D eigenvalue weighted by Crippen LogP contribution is -1.98. The molecule has 0 fully saturated rings. The Balaban J connectivity index is 3.65. The van der Waals surface area contributed by atoms with Crippen LogP contribution in [0.5, 0.6) is 0 Å². The predicted octanol–water partition coefficient (Wildman–Crippen LogP) is 1.86. The highest BCUT2D eigenvalue weighted by Crippen LogP contribution is 2.09. The molecule has 1 unspecified atom stereocenters. The molecule has 0 aromatic heterocycles. The minimum absolute atomic E-state index is 0.135. The Hall–Kier alpha value is -0.340. The topological polar surface area (TPSA) is 37.3 Å². The second kappa shape index (κ2) is 5.33. The van der Waals surface area contributed by atoms with E-state index in [4.69, 9.17) is 16.7 Å². The minimum atomic E-state index is -0.622. The normalized spacial score (nSPS) is 14.7. The monoisotopic (exact) mass is 176 g/mol. The van der Waals surface area contributed by atoms with E-state index < -0.39 is 6.10 Å². The van der Waals surface area contributed by atoms with Crippen molar-refractivity contribution in [2.45, 2.75) is 32.8 Å². The summed E-state index contributed by atoms with van der Waals surface area (Å²) < 4.78 is 0. The zero-order chi connectivity index (χ0) is 8.85. The molecule has 1 atom stereocenters. The predicted molar refractivity (Wildman–Crippen MR) is 45.5 cm³/mol. The van der Waals surface area contributed by atoms with Crippen LogP contribution in [-0.2, 0) is 4.79 Å². The van der Waals surface area contributed by atoms with E-state index in [2.05, 4.69) is 0 Å². The highest BCUT2D eigenvalue weighted by Gasteiger charge is 1.99. The van der Waals surface area contributed by atoms with Gasteiger partial charge in [-0.3, -0.25) is 0 Å². The Morgan fingerprint density at radius 2 is 2.27 bits per heavy atom. The molecule has 0 aliphatic rings. The van der Waals surface area contributed by atoms with E-state index >= 15 is 0 Å². The molecule has 1 N–H and O–H groups in total. The zero-order valence-corrected chi connectivity index (χ0v) is 7.56. The summed E-state index contributed by atoms with van der Waals surface area (Å²) in [6.45, 7) is 3.12. The van der Waals surface area contributed by atoms with Gasteiger partial charge in [-0.05, 0) is 20.3 Å². The fourth-order valence-corrected chi connectivity index (χ4v) is 0.693. The van der Waals surface area contributed by atoms with Gasteiger partial charge >= 0.3 is 0 Å². The third-order valence-corrected chi connectivity index (χ3v) is 1.70. The quantitative estimate of drug-likeness (QED) is 0.710. The van der Waals surface area contributed by atoms with Crippen LogP contribution in [0, 0.1) is 0 Å². The van der Waals surface area contributed by atoms with Gasteiger partial charge in [0.25, 0.3) is 0 Å². The Morgan fingerprint density at radius 3 is 2.64 bits per heavy atom. The Labute approximate surface area is 71.9 Å². The number of carbonyl (C=O) groups excluding carboxylic acids is 1. The number of rotatable bonds is 4. The van der Waals surface area contributed by atoms with E-state index in [0.717, 1.165) is 0 Å². The fraction of sp³-hybridized carbons (Fsp3) is 0.625. The largest absolute Gasteiger partial charge is 0.388 e. The average molecular weight is 177 g/mol. The second-order valence-electron chi connectivity index (χ2n) is 2.51. The van der Waals surface area contributed by atoms with Crippen LogP contribution in [0.3, 0.4) is 0 Å². The third-order valence-electron chi connectivity index (χ3n) is 1.23. The lowest BCUT2D eigenvalue weighted by molar-refractivity contribution is -0.116. The van der Waals surface area contributed by atoms with Crippen molar-refractivity contribution in [2.75, 3.05) is 0 Å². The fourth-order valence-electron chi connectivity index (χ4n) is 0.584. The van der Waals surface area contributed by atoms with Crippen molar-refractivity contribution in [3.63, 3.8) is 0 Å². The Bertz CT molecular complexity index is 161. The van der Waals surface area contributed by atoms with Crippen molar-refractivity contribution in [3.8, 4) is 0 Å². The van der Waals surface area contributed by atoms with Gasteiger partial charge in [0, 0.05) is 11.5 Å². The molecule has 0 aromatic rings. The number of carbonyl (C=O) groups is 1. The number of aliphatic hydroxyl groups excluding tert-OH is 1. The zero-order valence-electron chi connectivity index (χ0n) is 6.80. The molecule has 0 heterocycles. The summed E-state index contributed by atoms with van der Waals surface area (Å²) in [7, 11) is 0. The maximum Gasteiger partial charge on any atom is 0.130 e. The van der Waals surface area contributed by atoms with Crippen molar-refractivity contribution in [3.05, 3.63) is 11.1 Å². The van der Waals surface area contributed by atoms with Gasteiger partial charge in [0.15, 0.2) is 0 Å². The van der Waals surface area contributed by atoms with Gasteiger partial charge in [-0.15, -0.1) is 0 Å². The lowest BCUT2D eigenvalue weighted by Gasteiger charge is -2.00. The van der Waals surface area contributed by atoms with Crippen LogP contribution in [-0.4, -0.2) is 17.0 Å². The van der Waals surface area contributed by atoms with Crippen LogP contribution in [0.15, 0.2) is 11.1 Å². The van der Waals surface area contributed by atoms with E-state index in [1.807, 2.05) is 0 Å². The van der Waals surface area contributed by atoms with Crippen molar-refractivity contribution in [1.82, 2.24) is 0 Å². The summed E-state index contributed by atoms with van der Waals surface area (Å²) in [4.78, 5) is 10.5. The van der Waals surface area contributed by atoms with Crippen LogP contribution in [0.4, 0.5) is 0 Å². The standard InChI is InChI=1S/C8H13ClO2/c1-6(10)4-3-5-8(9)7(2)11/h5,7,11H,3-4H2,1-2H3/b8-5-. The second-order valence-corrected chi connectivity index (χ2v) is 2.94. The number of hydrogen-bond donors (Lipinski definition) is 1. The number of halogens is 1. The molecule has 0 amide bonds. The van der Waals surface area contributed by atoms with Gasteiger partial charge in [-0.25, -0.2) is 0 Å². The summed E-state index contributed by atoms with van der Waals surface area (Å²) in [6, 6.07) is 0. The summed E-state index contributed by atoms with van der Waals surface area (Å²) in [6.07, 6.45) is 2.15. The van der Waals surface area contributed by atoms with Crippen molar-refractivity contribution in [2.24, 2.45) is 0 Å². The lowest BCUT2D eigenvalue weighted by atomic mass is 10.2. The molecule has 3 heteroatoms. The molecule has 0 rings (SSSR count). The van der Waals surface area contributed by atoms with E-state index in [0.29, 0.717) is 17.9 Å². The van der Waals surface area contributed by atoms with E-state index in [1.54, 1.807) is 13.0 Å². The van der Waals surface area contributed by atoms with E-state index in [9.17, 15) is 4.79 Å². The number of aliphatic hydroxyl groups is 1. The smallest absolute Gasteiger partial charge is 0.130 e. The average Bonchev–Trinajstić information content (AvgIpc) is 1.86. The summed E-state index contributed by atoms with van der Waals surface area (Å²) in [5, 5.41) is 9.31. The van der Waals surface area contributed by atoms with Gasteiger partial charge in [0.05, 0.1) is 6.10 Å². The maximum absolute atomic E-state index is 10.5. The molecule has 2 nitrogen and oxygen atoms in total. The van der Waals surface area contributed by atoms with Crippen molar-refractivity contribution >= 4 is 17.4 Å². The van der Waals surface area contributed by atoms with Gasteiger partial charge in [-0.2, -0.15) is 0 Å². The van der Waals surface area contributed by atoms with Gasteiger partial charge in [0.1, 0.15) is 5.78 Å². The third kappa shape index (κ3) is 6.07. The molecule has 0 aromatic carbocycles. The number of Topliss-reactive ketones (excluding diaryl/α,β-unsaturated/α-hetero) is 1. The van der Waals surface area contributed by atoms with Crippen LogP contribution in [0.25, 0.3) is 0 Å². The first-order chi connectivity index (χ1) is 5.04. The number of allylic oxidation sites excluding steroid dienone is 1. The summed E-state index contributed by atoms with van der Waals surface area (Å²) in [5.41, 5.74) is 0. The molecule has 0 bridgehead atoms. The van der Waals surface area contributed by atoms with Gasteiger partial charge in [-0.1, -0.05) is 17.7 Å². The maximum atomic E-state index is 10.5. The first-order valence-electron chi connectivity index (χ1n) is 3.57. The molecule has 0 spiro atoms. The minimum Gasteiger partial charge on any atom is -0.388 e. The molecular weight excluding hydrogens is 164 g/mol. The first kappa shape index (κ1) is 10.7. The number of hydrogen-bond acceptors (Lipinski definition) is 2. The summed E-state index contributed by atoms with van der Waals surface area (Å²) in [5.74, 6) is 0.135. The van der Waals surface area contributed by atoms with Gasteiger partial charge in [0.2, 0.25) is 0 Å². The molecular formula is C8H13ClO2.